The maximum absolute atomic E-state index is 11.3. The van der Waals surface area contributed by atoms with Crippen molar-refractivity contribution in [1.82, 2.24) is 5.32 Å². The van der Waals surface area contributed by atoms with Crippen molar-refractivity contribution in [2.45, 2.75) is 25.6 Å². The third kappa shape index (κ3) is 3.48. The van der Waals surface area contributed by atoms with Crippen LogP contribution in [0.25, 0.3) is 0 Å². The van der Waals surface area contributed by atoms with Crippen LogP contribution >= 0.6 is 12.6 Å². The predicted octanol–water partition coefficient (Wildman–Crippen LogP) is 1.56. The highest BCUT2D eigenvalue weighted by Crippen LogP contribution is 2.19. The van der Waals surface area contributed by atoms with Crippen LogP contribution in [0, 0.1) is 0 Å². The third-order valence-electron chi connectivity index (χ3n) is 2.91. The molecule has 1 N–H and O–H groups in total. The Morgan fingerprint density at radius 1 is 1.41 bits per heavy atom. The van der Waals surface area contributed by atoms with E-state index in [0.717, 1.165) is 6.42 Å². The van der Waals surface area contributed by atoms with E-state index in [0.29, 0.717) is 25.3 Å². The molecular formula is C13H17NO2S. The molecule has 2 rings (SSSR count). The molecule has 0 saturated heterocycles. The average molecular weight is 251 g/mol. The van der Waals surface area contributed by atoms with Crippen LogP contribution in [0.4, 0.5) is 0 Å². The molecule has 0 aromatic heterocycles. The molecule has 0 radical (unpaired) electrons. The lowest BCUT2D eigenvalue weighted by molar-refractivity contribution is -0.121. The number of fused-ring (bicyclic) bond motifs is 1. The van der Waals surface area contributed by atoms with Crippen molar-refractivity contribution in [3.63, 3.8) is 0 Å². The minimum absolute atomic E-state index is 0.0439. The molecule has 0 aliphatic carbocycles. The van der Waals surface area contributed by atoms with E-state index in [1.807, 2.05) is 12.1 Å². The largest absolute Gasteiger partial charge is 0.371 e. The Morgan fingerprint density at radius 2 is 2.18 bits per heavy atom. The van der Waals surface area contributed by atoms with Crippen molar-refractivity contribution >= 4 is 18.5 Å². The highest BCUT2D eigenvalue weighted by molar-refractivity contribution is 7.80. The number of rotatable bonds is 4. The number of nitrogens with one attached hydrogen (secondary N) is 1. The van der Waals surface area contributed by atoms with Gasteiger partial charge in [0.05, 0.1) is 12.7 Å². The topological polar surface area (TPSA) is 38.3 Å². The van der Waals surface area contributed by atoms with Gasteiger partial charge in [-0.1, -0.05) is 24.3 Å². The quantitative estimate of drug-likeness (QED) is 0.797. The van der Waals surface area contributed by atoms with Crippen LogP contribution in [0.1, 0.15) is 17.5 Å². The van der Waals surface area contributed by atoms with Gasteiger partial charge in [0, 0.05) is 19.4 Å². The van der Waals surface area contributed by atoms with Crippen LogP contribution in [0.3, 0.4) is 0 Å². The van der Waals surface area contributed by atoms with E-state index in [1.165, 1.54) is 11.1 Å². The first-order valence-corrected chi connectivity index (χ1v) is 6.49. The van der Waals surface area contributed by atoms with Gasteiger partial charge in [-0.2, -0.15) is 12.6 Å². The standard InChI is InChI=1S/C13H17NO2S/c15-13(5-6-17)14-8-12-7-10-3-1-2-4-11(10)9-16-12/h1-4,12,17H,5-9H2,(H,14,15)/t12-/m0/s1. The molecular weight excluding hydrogens is 234 g/mol. The number of benzene rings is 1. The molecule has 1 heterocycles. The number of carbonyl (C=O) groups is 1. The Labute approximate surface area is 107 Å². The molecule has 1 aromatic carbocycles. The van der Waals surface area contributed by atoms with E-state index >= 15 is 0 Å². The van der Waals surface area contributed by atoms with E-state index in [-0.39, 0.29) is 12.0 Å². The molecule has 1 aromatic rings. The van der Waals surface area contributed by atoms with E-state index in [9.17, 15) is 4.79 Å². The van der Waals surface area contributed by atoms with Gasteiger partial charge in [0.2, 0.25) is 5.91 Å². The maximum Gasteiger partial charge on any atom is 0.220 e. The van der Waals surface area contributed by atoms with Crippen LogP contribution in [-0.4, -0.2) is 24.3 Å². The normalized spacial score (nSPS) is 18.5. The van der Waals surface area contributed by atoms with Crippen LogP contribution in [0.5, 0.6) is 0 Å². The van der Waals surface area contributed by atoms with Gasteiger partial charge in [0.15, 0.2) is 0 Å². The fourth-order valence-corrected chi connectivity index (χ4v) is 2.16. The molecule has 1 aliphatic rings. The molecule has 3 nitrogen and oxygen atoms in total. The molecule has 17 heavy (non-hydrogen) atoms. The number of hydrogen-bond acceptors (Lipinski definition) is 3. The van der Waals surface area contributed by atoms with Crippen LogP contribution < -0.4 is 5.32 Å². The minimum atomic E-state index is 0.0439. The SMILES string of the molecule is O=C(CCS)NC[C@@H]1Cc2ccccc2CO1. The number of thiol groups is 1. The highest BCUT2D eigenvalue weighted by Gasteiger charge is 2.18. The summed E-state index contributed by atoms with van der Waals surface area (Å²) in [7, 11) is 0. The Kier molecular flexibility index (Phi) is 4.45. The summed E-state index contributed by atoms with van der Waals surface area (Å²) in [5.74, 6) is 0.627. The Bertz CT molecular complexity index is 395. The number of ether oxygens (including phenoxy) is 1. The zero-order valence-corrected chi connectivity index (χ0v) is 10.6. The van der Waals surface area contributed by atoms with Crippen LogP contribution in [0.2, 0.25) is 0 Å². The highest BCUT2D eigenvalue weighted by atomic mass is 32.1. The molecule has 0 saturated carbocycles. The van der Waals surface area contributed by atoms with Gasteiger partial charge in [-0.3, -0.25) is 4.79 Å². The number of hydrogen-bond donors (Lipinski definition) is 2. The fraction of sp³-hybridized carbons (Fsp3) is 0.462. The van der Waals surface area contributed by atoms with Gasteiger partial charge in [-0.25, -0.2) is 0 Å². The Hall–Kier alpha value is -1.00. The lowest BCUT2D eigenvalue weighted by Gasteiger charge is -2.25. The lowest BCUT2D eigenvalue weighted by atomic mass is 9.99. The third-order valence-corrected chi connectivity index (χ3v) is 3.13. The Morgan fingerprint density at radius 3 is 2.94 bits per heavy atom. The van der Waals surface area contributed by atoms with Crippen LogP contribution in [-0.2, 0) is 22.6 Å². The molecule has 0 bridgehead atoms. The van der Waals surface area contributed by atoms with E-state index in [4.69, 9.17) is 4.74 Å². The maximum atomic E-state index is 11.3. The zero-order chi connectivity index (χ0) is 12.1. The first kappa shape index (κ1) is 12.5. The summed E-state index contributed by atoms with van der Waals surface area (Å²) in [4.78, 5) is 11.3. The molecule has 0 fully saturated rings. The molecule has 0 spiro atoms. The number of carbonyl (C=O) groups excluding carboxylic acids is 1. The predicted molar refractivity (Wildman–Crippen MR) is 70.2 cm³/mol. The van der Waals surface area contributed by atoms with E-state index in [2.05, 4.69) is 30.1 Å². The molecule has 1 amide bonds. The monoisotopic (exact) mass is 251 g/mol. The van der Waals surface area contributed by atoms with Gasteiger partial charge in [-0.05, 0) is 16.9 Å². The lowest BCUT2D eigenvalue weighted by Crippen LogP contribution is -2.36. The Balaban J connectivity index is 1.84. The molecule has 1 atom stereocenters. The molecule has 1 aliphatic heterocycles. The summed E-state index contributed by atoms with van der Waals surface area (Å²) in [6.07, 6.45) is 1.43. The summed E-state index contributed by atoms with van der Waals surface area (Å²) in [5, 5.41) is 2.87. The fourth-order valence-electron chi connectivity index (χ4n) is 1.96. The zero-order valence-electron chi connectivity index (χ0n) is 9.69. The van der Waals surface area contributed by atoms with Gasteiger partial charge in [0.1, 0.15) is 0 Å². The smallest absolute Gasteiger partial charge is 0.220 e. The summed E-state index contributed by atoms with van der Waals surface area (Å²) in [6.45, 7) is 1.23. The second kappa shape index (κ2) is 6.07. The summed E-state index contributed by atoms with van der Waals surface area (Å²) in [6, 6.07) is 8.28. The summed E-state index contributed by atoms with van der Waals surface area (Å²) >= 11 is 4.03. The van der Waals surface area contributed by atoms with Crippen molar-refractivity contribution in [3.8, 4) is 0 Å². The molecule has 0 unspecified atom stereocenters. The van der Waals surface area contributed by atoms with Crippen molar-refractivity contribution in [3.05, 3.63) is 35.4 Å². The van der Waals surface area contributed by atoms with Gasteiger partial charge < -0.3 is 10.1 Å². The summed E-state index contributed by atoms with van der Waals surface area (Å²) < 4.78 is 5.70. The van der Waals surface area contributed by atoms with Crippen molar-refractivity contribution in [2.75, 3.05) is 12.3 Å². The molecule has 4 heteroatoms. The number of amides is 1. The van der Waals surface area contributed by atoms with Crippen molar-refractivity contribution in [1.29, 1.82) is 0 Å². The van der Waals surface area contributed by atoms with Crippen molar-refractivity contribution < 1.29 is 9.53 Å². The second-order valence-corrected chi connectivity index (χ2v) is 4.63. The second-order valence-electron chi connectivity index (χ2n) is 4.18. The minimum Gasteiger partial charge on any atom is -0.371 e. The van der Waals surface area contributed by atoms with Gasteiger partial charge >= 0.3 is 0 Å². The first-order chi connectivity index (χ1) is 8.29. The average Bonchev–Trinajstić information content (AvgIpc) is 2.36. The van der Waals surface area contributed by atoms with Gasteiger partial charge in [0.25, 0.3) is 0 Å². The van der Waals surface area contributed by atoms with Crippen LogP contribution in [0.15, 0.2) is 24.3 Å². The first-order valence-electron chi connectivity index (χ1n) is 5.85. The molecule has 92 valence electrons. The van der Waals surface area contributed by atoms with Crippen molar-refractivity contribution in [2.24, 2.45) is 0 Å². The summed E-state index contributed by atoms with van der Waals surface area (Å²) in [5.41, 5.74) is 2.58. The van der Waals surface area contributed by atoms with Gasteiger partial charge in [-0.15, -0.1) is 0 Å². The van der Waals surface area contributed by atoms with E-state index < -0.39 is 0 Å². The van der Waals surface area contributed by atoms with E-state index in [1.54, 1.807) is 0 Å².